The number of imidazole rings is 1. The van der Waals surface area contributed by atoms with Crippen molar-refractivity contribution in [1.29, 1.82) is 0 Å². The molecule has 1 aromatic carbocycles. The molecular formula is C22H32N4O2. The number of benzene rings is 1. The van der Waals surface area contributed by atoms with Gasteiger partial charge in [-0.3, -0.25) is 9.59 Å². The van der Waals surface area contributed by atoms with Crippen molar-refractivity contribution in [3.63, 3.8) is 0 Å². The molecule has 6 heteroatoms. The second-order valence-electron chi connectivity index (χ2n) is 8.05. The highest BCUT2D eigenvalue weighted by atomic mass is 16.2. The van der Waals surface area contributed by atoms with E-state index in [9.17, 15) is 9.59 Å². The minimum Gasteiger partial charge on any atom is -0.347 e. The summed E-state index contributed by atoms with van der Waals surface area (Å²) in [6, 6.07) is 7.64. The van der Waals surface area contributed by atoms with Crippen LogP contribution in [0, 0.1) is 11.8 Å². The van der Waals surface area contributed by atoms with Gasteiger partial charge in [-0.2, -0.15) is 0 Å². The Kier molecular flexibility index (Phi) is 7.06. The van der Waals surface area contributed by atoms with Gasteiger partial charge in [0.05, 0.1) is 23.6 Å². The Morgan fingerprint density at radius 2 is 1.93 bits per heavy atom. The van der Waals surface area contributed by atoms with Crippen LogP contribution in [0.4, 0.5) is 0 Å². The number of fused-ring (bicyclic) bond motifs is 1. The Bertz CT molecular complexity index is 762. The number of amides is 2. The summed E-state index contributed by atoms with van der Waals surface area (Å²) >= 11 is 0. The van der Waals surface area contributed by atoms with E-state index in [-0.39, 0.29) is 30.3 Å². The fourth-order valence-electron chi connectivity index (χ4n) is 3.96. The zero-order valence-electron chi connectivity index (χ0n) is 17.0. The lowest BCUT2D eigenvalue weighted by molar-refractivity contribution is -0.127. The monoisotopic (exact) mass is 384 g/mol. The molecule has 1 aliphatic carbocycles. The van der Waals surface area contributed by atoms with Crippen molar-refractivity contribution in [2.75, 3.05) is 6.54 Å². The summed E-state index contributed by atoms with van der Waals surface area (Å²) in [5.74, 6) is 1.26. The molecule has 2 unspecified atom stereocenters. The van der Waals surface area contributed by atoms with Gasteiger partial charge >= 0.3 is 0 Å². The number of rotatable bonds is 8. The van der Waals surface area contributed by atoms with E-state index in [1.54, 1.807) is 0 Å². The van der Waals surface area contributed by atoms with Crippen molar-refractivity contribution in [3.05, 3.63) is 30.1 Å². The van der Waals surface area contributed by atoms with Crippen molar-refractivity contribution in [1.82, 2.24) is 20.6 Å². The van der Waals surface area contributed by atoms with E-state index in [0.29, 0.717) is 12.3 Å². The average Bonchev–Trinajstić information content (AvgIpc) is 3.14. The first kappa shape index (κ1) is 20.4. The molecule has 0 bridgehead atoms. The van der Waals surface area contributed by atoms with E-state index in [4.69, 9.17) is 0 Å². The molecule has 1 aliphatic rings. The van der Waals surface area contributed by atoms with Crippen LogP contribution in [-0.2, 0) is 9.59 Å². The molecule has 0 radical (unpaired) electrons. The standard InChI is InChI=1S/C22H32N4O2/c1-3-15(2)21(22-24-17-11-7-8-12-18(17)25-22)26-20(28)14-23-19(27)13-16-9-5-4-6-10-16/h7-8,11-12,15-16,21H,3-6,9-10,13-14H2,1-2H3,(H,23,27)(H,24,25)(H,26,28). The van der Waals surface area contributed by atoms with Crippen molar-refractivity contribution in [3.8, 4) is 0 Å². The number of carbonyl (C=O) groups is 2. The van der Waals surface area contributed by atoms with Crippen LogP contribution in [0.15, 0.2) is 24.3 Å². The third-order valence-corrected chi connectivity index (χ3v) is 5.88. The van der Waals surface area contributed by atoms with Crippen LogP contribution in [0.5, 0.6) is 0 Å². The normalized spacial score (nSPS) is 17.2. The summed E-state index contributed by atoms with van der Waals surface area (Å²) in [5.41, 5.74) is 1.85. The van der Waals surface area contributed by atoms with Gasteiger partial charge in [0.15, 0.2) is 0 Å². The highest BCUT2D eigenvalue weighted by molar-refractivity contribution is 5.85. The fraction of sp³-hybridized carbons (Fsp3) is 0.591. The summed E-state index contributed by atoms with van der Waals surface area (Å²) in [6.07, 6.45) is 7.41. The summed E-state index contributed by atoms with van der Waals surface area (Å²) in [7, 11) is 0. The number of hydrogen-bond donors (Lipinski definition) is 3. The van der Waals surface area contributed by atoms with Crippen molar-refractivity contribution >= 4 is 22.8 Å². The second-order valence-corrected chi connectivity index (χ2v) is 8.05. The lowest BCUT2D eigenvalue weighted by Crippen LogP contribution is -2.41. The van der Waals surface area contributed by atoms with Gasteiger partial charge in [-0.05, 0) is 36.8 Å². The maximum atomic E-state index is 12.5. The van der Waals surface area contributed by atoms with E-state index in [1.807, 2.05) is 24.3 Å². The molecule has 1 aromatic heterocycles. The van der Waals surface area contributed by atoms with Gasteiger partial charge < -0.3 is 15.6 Å². The fourth-order valence-corrected chi connectivity index (χ4v) is 3.96. The summed E-state index contributed by atoms with van der Waals surface area (Å²) in [5, 5.41) is 5.85. The van der Waals surface area contributed by atoms with Crippen LogP contribution in [0.25, 0.3) is 11.0 Å². The van der Waals surface area contributed by atoms with E-state index >= 15 is 0 Å². The summed E-state index contributed by atoms with van der Waals surface area (Å²) in [6.45, 7) is 4.21. The number of nitrogens with zero attached hydrogens (tertiary/aromatic N) is 1. The van der Waals surface area contributed by atoms with E-state index < -0.39 is 0 Å². The molecule has 152 valence electrons. The number of nitrogens with one attached hydrogen (secondary N) is 3. The number of para-hydroxylation sites is 2. The van der Waals surface area contributed by atoms with Crippen LogP contribution in [0.3, 0.4) is 0 Å². The Morgan fingerprint density at radius 3 is 2.64 bits per heavy atom. The highest BCUT2D eigenvalue weighted by Gasteiger charge is 2.24. The second kappa shape index (κ2) is 9.71. The predicted octanol–water partition coefficient (Wildman–Crippen LogP) is 3.85. The van der Waals surface area contributed by atoms with Gasteiger partial charge in [0, 0.05) is 6.42 Å². The molecule has 3 N–H and O–H groups in total. The van der Waals surface area contributed by atoms with Gasteiger partial charge in [-0.1, -0.05) is 51.7 Å². The Balaban J connectivity index is 1.56. The molecule has 0 saturated heterocycles. The molecule has 0 spiro atoms. The van der Waals surface area contributed by atoms with E-state index in [1.165, 1.54) is 19.3 Å². The Morgan fingerprint density at radius 1 is 1.18 bits per heavy atom. The SMILES string of the molecule is CCC(C)C(NC(=O)CNC(=O)CC1CCCCC1)c1nc2ccccc2[nH]1. The average molecular weight is 385 g/mol. The van der Waals surface area contributed by atoms with Crippen LogP contribution >= 0.6 is 0 Å². The molecule has 3 rings (SSSR count). The molecule has 28 heavy (non-hydrogen) atoms. The molecule has 2 aromatic rings. The van der Waals surface area contributed by atoms with Gasteiger partial charge in [0.25, 0.3) is 0 Å². The number of hydrogen-bond acceptors (Lipinski definition) is 3. The maximum absolute atomic E-state index is 12.5. The van der Waals surface area contributed by atoms with E-state index in [0.717, 1.165) is 36.1 Å². The Hall–Kier alpha value is -2.37. The van der Waals surface area contributed by atoms with Crippen LogP contribution in [0.1, 0.15) is 70.7 Å². The first-order valence-electron chi connectivity index (χ1n) is 10.6. The number of aromatic nitrogens is 2. The third kappa shape index (κ3) is 5.33. The van der Waals surface area contributed by atoms with Crippen LogP contribution in [0.2, 0.25) is 0 Å². The lowest BCUT2D eigenvalue weighted by Gasteiger charge is -2.23. The lowest BCUT2D eigenvalue weighted by atomic mass is 9.87. The number of aromatic amines is 1. The van der Waals surface area contributed by atoms with Gasteiger partial charge in [-0.15, -0.1) is 0 Å². The summed E-state index contributed by atoms with van der Waals surface area (Å²) < 4.78 is 0. The van der Waals surface area contributed by atoms with Crippen molar-refractivity contribution in [2.24, 2.45) is 11.8 Å². The van der Waals surface area contributed by atoms with Gasteiger partial charge in [0.2, 0.25) is 11.8 Å². The van der Waals surface area contributed by atoms with Crippen LogP contribution in [-0.4, -0.2) is 28.3 Å². The largest absolute Gasteiger partial charge is 0.347 e. The molecule has 1 heterocycles. The molecule has 2 amide bonds. The highest BCUT2D eigenvalue weighted by Crippen LogP contribution is 2.26. The van der Waals surface area contributed by atoms with Gasteiger partial charge in [0.1, 0.15) is 5.82 Å². The smallest absolute Gasteiger partial charge is 0.239 e. The molecule has 1 saturated carbocycles. The Labute approximate surface area is 166 Å². The number of H-pyrrole nitrogens is 1. The zero-order chi connectivity index (χ0) is 19.9. The molecule has 1 fully saturated rings. The molecule has 2 atom stereocenters. The molecule has 6 nitrogen and oxygen atoms in total. The summed E-state index contributed by atoms with van der Waals surface area (Å²) in [4.78, 5) is 32.6. The minimum absolute atomic E-state index is 0.0126. The third-order valence-electron chi connectivity index (χ3n) is 5.88. The predicted molar refractivity (Wildman–Crippen MR) is 111 cm³/mol. The van der Waals surface area contributed by atoms with Crippen molar-refractivity contribution in [2.45, 2.75) is 64.8 Å². The molecular weight excluding hydrogens is 352 g/mol. The maximum Gasteiger partial charge on any atom is 0.239 e. The van der Waals surface area contributed by atoms with Crippen molar-refractivity contribution < 1.29 is 9.59 Å². The zero-order valence-corrected chi connectivity index (χ0v) is 17.0. The van der Waals surface area contributed by atoms with Gasteiger partial charge in [-0.25, -0.2) is 4.98 Å². The molecule has 0 aliphatic heterocycles. The first-order valence-corrected chi connectivity index (χ1v) is 10.6. The topological polar surface area (TPSA) is 86.9 Å². The van der Waals surface area contributed by atoms with E-state index in [2.05, 4.69) is 34.4 Å². The minimum atomic E-state index is -0.208. The number of carbonyl (C=O) groups excluding carboxylic acids is 2. The quantitative estimate of drug-likeness (QED) is 0.646. The van der Waals surface area contributed by atoms with Crippen LogP contribution < -0.4 is 10.6 Å². The first-order chi connectivity index (χ1) is 13.6.